The number of aliphatic hydroxyl groups is 1. The average molecular weight is 390 g/mol. The largest absolute Gasteiger partial charge is 0.393 e. The molecule has 0 saturated heterocycles. The summed E-state index contributed by atoms with van der Waals surface area (Å²) in [6.45, 7) is 6.27. The maximum absolute atomic E-state index is 12.2. The first-order valence-electron chi connectivity index (χ1n) is 9.55. The van der Waals surface area contributed by atoms with Crippen LogP contribution in [0.25, 0.3) is 0 Å². The molecule has 1 saturated carbocycles. The second kappa shape index (κ2) is 6.34. The summed E-state index contributed by atoms with van der Waals surface area (Å²) in [5, 5.41) is 18.1. The summed E-state index contributed by atoms with van der Waals surface area (Å²) >= 11 is 0. The van der Waals surface area contributed by atoms with E-state index in [9.17, 15) is 13.5 Å². The number of aromatic nitrogens is 2. The fourth-order valence-corrected chi connectivity index (χ4v) is 5.64. The standard InChI is InChI=1S/C20H27N3O3S/c1-20(2,3)23-19(12-17(22-23)14-5-7-16(24)10-14)21-15-6-4-13-8-9-27(25,26)18(13)11-15/h4,6,11-12,14,16,21,24H,5,7-10H2,1-3H3/t14-,16+/m0/s1. The van der Waals surface area contributed by atoms with Gasteiger partial charge in [0.15, 0.2) is 9.84 Å². The van der Waals surface area contributed by atoms with E-state index < -0.39 is 9.84 Å². The van der Waals surface area contributed by atoms with Crippen LogP contribution in [0.5, 0.6) is 0 Å². The van der Waals surface area contributed by atoms with Gasteiger partial charge in [0.1, 0.15) is 5.82 Å². The predicted octanol–water partition coefficient (Wildman–Crippen LogP) is 3.34. The molecule has 146 valence electrons. The van der Waals surface area contributed by atoms with Crippen molar-refractivity contribution in [1.82, 2.24) is 9.78 Å². The monoisotopic (exact) mass is 389 g/mol. The lowest BCUT2D eigenvalue weighted by atomic mass is 10.0. The van der Waals surface area contributed by atoms with Crippen molar-refractivity contribution >= 4 is 21.3 Å². The fourth-order valence-electron chi connectivity index (χ4n) is 4.06. The Morgan fingerprint density at radius 2 is 2.00 bits per heavy atom. The van der Waals surface area contributed by atoms with Gasteiger partial charge in [-0.25, -0.2) is 13.1 Å². The molecule has 1 aromatic heterocycles. The highest BCUT2D eigenvalue weighted by molar-refractivity contribution is 7.91. The number of hydrogen-bond donors (Lipinski definition) is 2. The van der Waals surface area contributed by atoms with Crippen molar-refractivity contribution in [3.8, 4) is 0 Å². The van der Waals surface area contributed by atoms with E-state index in [0.29, 0.717) is 11.3 Å². The number of sulfone groups is 1. The zero-order chi connectivity index (χ0) is 19.4. The number of rotatable bonds is 3. The van der Waals surface area contributed by atoms with Crippen molar-refractivity contribution in [2.75, 3.05) is 11.1 Å². The summed E-state index contributed by atoms with van der Waals surface area (Å²) in [6.07, 6.45) is 2.86. The molecule has 7 heteroatoms. The molecule has 2 aliphatic rings. The Kier molecular flexibility index (Phi) is 4.35. The molecule has 1 aliphatic heterocycles. The van der Waals surface area contributed by atoms with E-state index in [1.807, 2.05) is 22.9 Å². The molecule has 2 N–H and O–H groups in total. The lowest BCUT2D eigenvalue weighted by Gasteiger charge is -2.23. The van der Waals surface area contributed by atoms with Gasteiger partial charge in [0, 0.05) is 17.7 Å². The number of aliphatic hydroxyl groups excluding tert-OH is 1. The molecule has 0 spiro atoms. The Balaban J connectivity index is 1.68. The lowest BCUT2D eigenvalue weighted by molar-refractivity contribution is 0.181. The van der Waals surface area contributed by atoms with Crippen LogP contribution in [0, 0.1) is 0 Å². The zero-order valence-corrected chi connectivity index (χ0v) is 16.9. The maximum atomic E-state index is 12.2. The van der Waals surface area contributed by atoms with Crippen LogP contribution < -0.4 is 5.32 Å². The van der Waals surface area contributed by atoms with Crippen LogP contribution in [0.15, 0.2) is 29.2 Å². The molecule has 0 unspecified atom stereocenters. The van der Waals surface area contributed by atoms with Crippen LogP contribution in [0.3, 0.4) is 0 Å². The first-order valence-corrected chi connectivity index (χ1v) is 11.2. The smallest absolute Gasteiger partial charge is 0.179 e. The van der Waals surface area contributed by atoms with Gasteiger partial charge >= 0.3 is 0 Å². The normalized spacial score (nSPS) is 24.1. The maximum Gasteiger partial charge on any atom is 0.179 e. The van der Waals surface area contributed by atoms with E-state index in [1.54, 1.807) is 6.07 Å². The molecule has 1 fully saturated rings. The molecule has 1 aromatic carbocycles. The summed E-state index contributed by atoms with van der Waals surface area (Å²) in [4.78, 5) is 0.438. The van der Waals surface area contributed by atoms with E-state index in [1.165, 1.54) is 0 Å². The van der Waals surface area contributed by atoms with Gasteiger partial charge in [0.25, 0.3) is 0 Å². The van der Waals surface area contributed by atoms with E-state index in [4.69, 9.17) is 5.10 Å². The third-order valence-electron chi connectivity index (χ3n) is 5.50. The summed E-state index contributed by atoms with van der Waals surface area (Å²) < 4.78 is 26.4. The first kappa shape index (κ1) is 18.5. The van der Waals surface area contributed by atoms with Crippen LogP contribution in [-0.2, 0) is 21.8 Å². The zero-order valence-electron chi connectivity index (χ0n) is 16.1. The highest BCUT2D eigenvalue weighted by Gasteiger charge is 2.30. The van der Waals surface area contributed by atoms with E-state index in [-0.39, 0.29) is 23.3 Å². The molecule has 4 rings (SSSR count). The van der Waals surface area contributed by atoms with Crippen molar-refractivity contribution in [2.24, 2.45) is 0 Å². The van der Waals surface area contributed by atoms with Crippen molar-refractivity contribution < 1.29 is 13.5 Å². The highest BCUT2D eigenvalue weighted by atomic mass is 32.2. The van der Waals surface area contributed by atoms with Gasteiger partial charge in [-0.3, -0.25) is 0 Å². The topological polar surface area (TPSA) is 84.2 Å². The predicted molar refractivity (Wildman–Crippen MR) is 105 cm³/mol. The summed E-state index contributed by atoms with van der Waals surface area (Å²) in [6, 6.07) is 7.60. The van der Waals surface area contributed by atoms with Gasteiger partial charge in [-0.2, -0.15) is 5.10 Å². The quantitative estimate of drug-likeness (QED) is 0.841. The summed E-state index contributed by atoms with van der Waals surface area (Å²) in [7, 11) is -3.16. The molecule has 0 bridgehead atoms. The summed E-state index contributed by atoms with van der Waals surface area (Å²) in [5.41, 5.74) is 2.41. The van der Waals surface area contributed by atoms with Crippen LogP contribution in [0.4, 0.5) is 11.5 Å². The van der Waals surface area contributed by atoms with Crippen LogP contribution in [0.2, 0.25) is 0 Å². The molecule has 6 nitrogen and oxygen atoms in total. The van der Waals surface area contributed by atoms with E-state index in [2.05, 4.69) is 26.1 Å². The number of aryl methyl sites for hydroxylation is 1. The minimum absolute atomic E-state index is 0.194. The van der Waals surface area contributed by atoms with Crippen molar-refractivity contribution in [3.63, 3.8) is 0 Å². The van der Waals surface area contributed by atoms with Crippen LogP contribution in [-0.4, -0.2) is 35.2 Å². The van der Waals surface area contributed by atoms with Gasteiger partial charge in [-0.1, -0.05) is 6.07 Å². The number of nitrogens with zero attached hydrogens (tertiary/aromatic N) is 2. The molecule has 0 amide bonds. The number of hydrogen-bond acceptors (Lipinski definition) is 5. The molecule has 2 aromatic rings. The molecule has 0 radical (unpaired) electrons. The average Bonchev–Trinajstić information content (AvgIpc) is 3.26. The van der Waals surface area contributed by atoms with Crippen molar-refractivity contribution in [2.45, 2.75) is 68.9 Å². The van der Waals surface area contributed by atoms with E-state index >= 15 is 0 Å². The lowest BCUT2D eigenvalue weighted by Crippen LogP contribution is -2.24. The number of anilines is 2. The molecule has 2 heterocycles. The molecule has 27 heavy (non-hydrogen) atoms. The number of fused-ring (bicyclic) bond motifs is 1. The SMILES string of the molecule is CC(C)(C)n1nc([C@H]2CC[C@@H](O)C2)cc1Nc1ccc2c(c1)S(=O)(=O)CC2. The Morgan fingerprint density at radius 1 is 1.22 bits per heavy atom. The fraction of sp³-hybridized carbons (Fsp3) is 0.550. The third-order valence-corrected chi connectivity index (χ3v) is 7.29. The minimum Gasteiger partial charge on any atom is -0.393 e. The van der Waals surface area contributed by atoms with Crippen molar-refractivity contribution in [1.29, 1.82) is 0 Å². The van der Waals surface area contributed by atoms with Gasteiger partial charge in [-0.05, 0) is 64.2 Å². The van der Waals surface area contributed by atoms with Gasteiger partial charge in [0.05, 0.1) is 28.0 Å². The van der Waals surface area contributed by atoms with Crippen LogP contribution >= 0.6 is 0 Å². The number of nitrogens with one attached hydrogen (secondary N) is 1. The highest BCUT2D eigenvalue weighted by Crippen LogP contribution is 2.37. The Hall–Kier alpha value is -1.86. The number of benzene rings is 1. The first-order chi connectivity index (χ1) is 12.6. The minimum atomic E-state index is -3.16. The Labute approximate surface area is 160 Å². The molecule has 1 aliphatic carbocycles. The Bertz CT molecular complexity index is 973. The molecular formula is C20H27N3O3S. The molecule has 2 atom stereocenters. The second-order valence-electron chi connectivity index (χ2n) is 8.72. The van der Waals surface area contributed by atoms with Gasteiger partial charge in [0.2, 0.25) is 0 Å². The second-order valence-corrected chi connectivity index (χ2v) is 10.8. The van der Waals surface area contributed by atoms with Crippen LogP contribution in [0.1, 0.15) is 57.2 Å². The third kappa shape index (κ3) is 3.50. The van der Waals surface area contributed by atoms with E-state index in [0.717, 1.165) is 42.0 Å². The molecular weight excluding hydrogens is 362 g/mol. The Morgan fingerprint density at radius 3 is 2.67 bits per heavy atom. The van der Waals surface area contributed by atoms with Gasteiger partial charge < -0.3 is 10.4 Å². The summed E-state index contributed by atoms with van der Waals surface area (Å²) in [5.74, 6) is 1.30. The van der Waals surface area contributed by atoms with Gasteiger partial charge in [-0.15, -0.1) is 0 Å². The van der Waals surface area contributed by atoms with Crippen molar-refractivity contribution in [3.05, 3.63) is 35.5 Å².